The van der Waals surface area contributed by atoms with E-state index in [1.807, 2.05) is 12.1 Å². The first-order chi connectivity index (χ1) is 10.8. The van der Waals surface area contributed by atoms with Crippen molar-refractivity contribution in [3.63, 3.8) is 0 Å². The standard InChI is InChI=1S/C19H28ClNO2/c1-18-6-5-13(10-18)17(11-21(2)3)19(22,12-18)14-7-15(20)9-16(8-14)23-4/h7-9,13,17,22H,5-6,10-12H2,1-4H3. The van der Waals surface area contributed by atoms with Crippen molar-refractivity contribution in [2.45, 2.75) is 38.2 Å². The lowest BCUT2D eigenvalue weighted by Gasteiger charge is -2.49. The van der Waals surface area contributed by atoms with E-state index in [2.05, 4.69) is 25.9 Å². The minimum atomic E-state index is -0.837. The second-order valence-corrected chi connectivity index (χ2v) is 8.60. The summed E-state index contributed by atoms with van der Waals surface area (Å²) in [5.74, 6) is 1.52. The number of ether oxygens (including phenoxy) is 1. The number of hydrogen-bond acceptors (Lipinski definition) is 3. The number of halogens is 1. The Labute approximate surface area is 144 Å². The highest BCUT2D eigenvalue weighted by molar-refractivity contribution is 6.30. The number of methoxy groups -OCH3 is 1. The number of rotatable bonds is 4. The van der Waals surface area contributed by atoms with E-state index >= 15 is 0 Å². The van der Waals surface area contributed by atoms with E-state index in [0.29, 0.717) is 16.7 Å². The van der Waals surface area contributed by atoms with Crippen LogP contribution < -0.4 is 4.74 Å². The zero-order valence-electron chi connectivity index (χ0n) is 14.6. The van der Waals surface area contributed by atoms with Gasteiger partial charge in [-0.1, -0.05) is 18.5 Å². The summed E-state index contributed by atoms with van der Waals surface area (Å²) in [6.07, 6.45) is 4.46. The normalized spacial score (nSPS) is 36.5. The summed E-state index contributed by atoms with van der Waals surface area (Å²) in [5.41, 5.74) is 0.306. The molecule has 0 saturated heterocycles. The maximum Gasteiger partial charge on any atom is 0.120 e. The highest BCUT2D eigenvalue weighted by Gasteiger charge is 2.56. The zero-order valence-corrected chi connectivity index (χ0v) is 15.4. The minimum absolute atomic E-state index is 0.233. The van der Waals surface area contributed by atoms with Gasteiger partial charge in [0.15, 0.2) is 0 Å². The van der Waals surface area contributed by atoms with Gasteiger partial charge in [0.25, 0.3) is 0 Å². The largest absolute Gasteiger partial charge is 0.497 e. The molecule has 0 aromatic heterocycles. The smallest absolute Gasteiger partial charge is 0.120 e. The monoisotopic (exact) mass is 337 g/mol. The molecule has 2 aliphatic rings. The van der Waals surface area contributed by atoms with Crippen LogP contribution in [-0.2, 0) is 5.60 Å². The molecule has 3 rings (SSSR count). The highest BCUT2D eigenvalue weighted by atomic mass is 35.5. The van der Waals surface area contributed by atoms with Crippen molar-refractivity contribution in [1.29, 1.82) is 0 Å². The SMILES string of the molecule is COc1cc(Cl)cc(C2(O)CC3(C)CCC(C3)C2CN(C)C)c1. The molecule has 23 heavy (non-hydrogen) atoms. The van der Waals surface area contributed by atoms with Gasteiger partial charge in [-0.15, -0.1) is 0 Å². The predicted octanol–water partition coefficient (Wildman–Crippen LogP) is 3.92. The van der Waals surface area contributed by atoms with Gasteiger partial charge in [-0.2, -0.15) is 0 Å². The van der Waals surface area contributed by atoms with Crippen molar-refractivity contribution >= 4 is 11.6 Å². The van der Waals surface area contributed by atoms with E-state index in [1.54, 1.807) is 13.2 Å². The Morgan fingerprint density at radius 3 is 2.74 bits per heavy atom. The Morgan fingerprint density at radius 1 is 1.35 bits per heavy atom. The number of nitrogens with zero attached hydrogens (tertiary/aromatic N) is 1. The first-order valence-corrected chi connectivity index (χ1v) is 8.86. The molecule has 2 saturated carbocycles. The van der Waals surface area contributed by atoms with Gasteiger partial charge >= 0.3 is 0 Å². The molecule has 4 atom stereocenters. The fourth-order valence-electron chi connectivity index (χ4n) is 4.99. The van der Waals surface area contributed by atoms with Crippen LogP contribution in [0.4, 0.5) is 0 Å². The Kier molecular flexibility index (Phi) is 4.41. The molecule has 0 aliphatic heterocycles. The Bertz CT molecular complexity index is 591. The van der Waals surface area contributed by atoms with Crippen molar-refractivity contribution in [2.75, 3.05) is 27.7 Å². The molecule has 0 spiro atoms. The Hall–Kier alpha value is -0.770. The van der Waals surface area contributed by atoms with E-state index in [1.165, 1.54) is 19.3 Å². The van der Waals surface area contributed by atoms with E-state index in [0.717, 1.165) is 18.5 Å². The summed E-state index contributed by atoms with van der Waals surface area (Å²) in [6, 6.07) is 5.68. The number of hydrogen-bond donors (Lipinski definition) is 1. The molecular weight excluding hydrogens is 310 g/mol. The van der Waals surface area contributed by atoms with Gasteiger partial charge < -0.3 is 14.7 Å². The minimum Gasteiger partial charge on any atom is -0.497 e. The molecule has 2 aliphatic carbocycles. The van der Waals surface area contributed by atoms with Gasteiger partial charge in [0, 0.05) is 17.5 Å². The lowest BCUT2D eigenvalue weighted by Crippen LogP contribution is -2.49. The highest BCUT2D eigenvalue weighted by Crippen LogP contribution is 2.60. The lowest BCUT2D eigenvalue weighted by atomic mass is 9.61. The number of benzene rings is 1. The Morgan fingerprint density at radius 2 is 2.09 bits per heavy atom. The van der Waals surface area contributed by atoms with Crippen LogP contribution in [0.3, 0.4) is 0 Å². The van der Waals surface area contributed by atoms with Crippen LogP contribution >= 0.6 is 11.6 Å². The molecule has 0 radical (unpaired) electrons. The van der Waals surface area contributed by atoms with Crippen LogP contribution in [0.25, 0.3) is 0 Å². The lowest BCUT2D eigenvalue weighted by molar-refractivity contribution is -0.108. The van der Waals surface area contributed by atoms with Crippen molar-refractivity contribution in [3.05, 3.63) is 28.8 Å². The average molecular weight is 338 g/mol. The summed E-state index contributed by atoms with van der Waals surface area (Å²) >= 11 is 6.28. The third-order valence-corrected chi connectivity index (χ3v) is 6.14. The predicted molar refractivity (Wildman–Crippen MR) is 94.0 cm³/mol. The molecule has 4 unspecified atom stereocenters. The maximum absolute atomic E-state index is 11.8. The first kappa shape index (κ1) is 17.1. The van der Waals surface area contributed by atoms with Gasteiger partial charge in [-0.25, -0.2) is 0 Å². The van der Waals surface area contributed by atoms with Gasteiger partial charge in [0.1, 0.15) is 5.75 Å². The first-order valence-electron chi connectivity index (χ1n) is 8.48. The summed E-state index contributed by atoms with van der Waals surface area (Å²) in [5, 5.41) is 12.4. The molecule has 2 fully saturated rings. The average Bonchev–Trinajstić information content (AvgIpc) is 2.80. The summed E-state index contributed by atoms with van der Waals surface area (Å²) in [6.45, 7) is 3.22. The molecule has 1 aromatic carbocycles. The molecule has 0 amide bonds. The molecule has 1 N–H and O–H groups in total. The van der Waals surface area contributed by atoms with Crippen LogP contribution in [0.5, 0.6) is 5.75 Å². The van der Waals surface area contributed by atoms with Crippen molar-refractivity contribution in [3.8, 4) is 5.75 Å². The zero-order chi connectivity index (χ0) is 16.8. The third kappa shape index (κ3) is 3.11. The number of aliphatic hydroxyl groups is 1. The quantitative estimate of drug-likeness (QED) is 0.903. The molecule has 2 bridgehead atoms. The van der Waals surface area contributed by atoms with E-state index < -0.39 is 5.60 Å². The molecule has 4 heteroatoms. The Balaban J connectivity index is 2.06. The fraction of sp³-hybridized carbons (Fsp3) is 0.684. The fourth-order valence-corrected chi connectivity index (χ4v) is 5.21. The van der Waals surface area contributed by atoms with Gasteiger partial charge in [-0.05, 0) is 74.9 Å². The second kappa shape index (κ2) is 5.94. The van der Waals surface area contributed by atoms with E-state index in [9.17, 15) is 5.11 Å². The topological polar surface area (TPSA) is 32.7 Å². The summed E-state index contributed by atoms with van der Waals surface area (Å²) in [7, 11) is 5.81. The third-order valence-electron chi connectivity index (χ3n) is 5.92. The van der Waals surface area contributed by atoms with Crippen LogP contribution in [0.1, 0.15) is 38.2 Å². The van der Waals surface area contributed by atoms with Crippen LogP contribution in [0, 0.1) is 17.3 Å². The van der Waals surface area contributed by atoms with Crippen LogP contribution in [0.2, 0.25) is 5.02 Å². The van der Waals surface area contributed by atoms with Crippen molar-refractivity contribution in [2.24, 2.45) is 17.3 Å². The van der Waals surface area contributed by atoms with E-state index in [-0.39, 0.29) is 11.3 Å². The second-order valence-electron chi connectivity index (χ2n) is 8.16. The van der Waals surface area contributed by atoms with Gasteiger partial charge in [-0.3, -0.25) is 0 Å². The van der Waals surface area contributed by atoms with Crippen LogP contribution in [-0.4, -0.2) is 37.8 Å². The molecule has 3 nitrogen and oxygen atoms in total. The van der Waals surface area contributed by atoms with Gasteiger partial charge in [0.2, 0.25) is 0 Å². The maximum atomic E-state index is 11.8. The molecule has 0 heterocycles. The van der Waals surface area contributed by atoms with Crippen molar-refractivity contribution < 1.29 is 9.84 Å². The molecule has 1 aromatic rings. The number of fused-ring (bicyclic) bond motifs is 2. The molecule has 128 valence electrons. The van der Waals surface area contributed by atoms with Crippen molar-refractivity contribution in [1.82, 2.24) is 4.90 Å². The summed E-state index contributed by atoms with van der Waals surface area (Å²) < 4.78 is 5.38. The summed E-state index contributed by atoms with van der Waals surface area (Å²) in [4.78, 5) is 2.19. The van der Waals surface area contributed by atoms with Crippen LogP contribution in [0.15, 0.2) is 18.2 Å². The van der Waals surface area contributed by atoms with Gasteiger partial charge in [0.05, 0.1) is 12.7 Å². The molecular formula is C19H28ClNO2. The van der Waals surface area contributed by atoms with E-state index in [4.69, 9.17) is 16.3 Å².